The SMILES string of the molecule is CCc1ccc(N2C[C@@H](C(=O)OCC(=O)Nc3cccc(C(C)=O)c3)CC2=O)cc1. The van der Waals surface area contributed by atoms with Gasteiger partial charge in [-0.15, -0.1) is 0 Å². The number of Topliss-reactive ketones (excluding diaryl/α,β-unsaturated/α-hetero) is 1. The van der Waals surface area contributed by atoms with E-state index in [1.165, 1.54) is 12.5 Å². The molecule has 7 nitrogen and oxygen atoms in total. The number of anilines is 2. The van der Waals surface area contributed by atoms with Crippen LogP contribution < -0.4 is 10.2 Å². The average molecular weight is 408 g/mol. The van der Waals surface area contributed by atoms with E-state index in [2.05, 4.69) is 12.2 Å². The second-order valence-electron chi connectivity index (χ2n) is 7.22. The summed E-state index contributed by atoms with van der Waals surface area (Å²) in [6, 6.07) is 14.2. The lowest BCUT2D eigenvalue weighted by Gasteiger charge is -2.17. The van der Waals surface area contributed by atoms with Crippen LogP contribution in [0.3, 0.4) is 0 Å². The van der Waals surface area contributed by atoms with Crippen LogP contribution in [0.15, 0.2) is 48.5 Å². The maximum absolute atomic E-state index is 12.3. The molecule has 30 heavy (non-hydrogen) atoms. The summed E-state index contributed by atoms with van der Waals surface area (Å²) < 4.78 is 5.11. The Morgan fingerprint density at radius 2 is 1.87 bits per heavy atom. The Bertz CT molecular complexity index is 968. The van der Waals surface area contributed by atoms with Crippen LogP contribution in [0.4, 0.5) is 11.4 Å². The van der Waals surface area contributed by atoms with Crippen molar-refractivity contribution in [3.63, 3.8) is 0 Å². The standard InChI is InChI=1S/C23H24N2O5/c1-3-16-7-9-20(10-8-16)25-13-18(12-22(25)28)23(29)30-14-21(27)24-19-6-4-5-17(11-19)15(2)26/h4-11,18H,3,12-14H2,1-2H3,(H,24,27)/t18-/m0/s1. The van der Waals surface area contributed by atoms with Gasteiger partial charge in [-0.3, -0.25) is 19.2 Å². The second-order valence-corrected chi connectivity index (χ2v) is 7.22. The fourth-order valence-corrected chi connectivity index (χ4v) is 3.29. The first-order valence-corrected chi connectivity index (χ1v) is 9.84. The molecule has 0 bridgehead atoms. The molecule has 156 valence electrons. The lowest BCUT2D eigenvalue weighted by Crippen LogP contribution is -2.28. The predicted octanol–water partition coefficient (Wildman–Crippen LogP) is 2.99. The van der Waals surface area contributed by atoms with Gasteiger partial charge in [0.2, 0.25) is 5.91 Å². The van der Waals surface area contributed by atoms with Crippen molar-refractivity contribution in [3.05, 3.63) is 59.7 Å². The Morgan fingerprint density at radius 1 is 1.13 bits per heavy atom. The molecule has 1 heterocycles. The van der Waals surface area contributed by atoms with E-state index >= 15 is 0 Å². The van der Waals surface area contributed by atoms with E-state index < -0.39 is 24.4 Å². The fraction of sp³-hybridized carbons (Fsp3) is 0.304. The number of hydrogen-bond acceptors (Lipinski definition) is 5. The molecule has 1 fully saturated rings. The van der Waals surface area contributed by atoms with Gasteiger partial charge < -0.3 is 15.0 Å². The number of carbonyl (C=O) groups is 4. The molecule has 7 heteroatoms. The number of nitrogens with zero attached hydrogens (tertiary/aromatic N) is 1. The Hall–Kier alpha value is -3.48. The van der Waals surface area contributed by atoms with Crippen molar-refractivity contribution < 1.29 is 23.9 Å². The maximum Gasteiger partial charge on any atom is 0.311 e. The maximum atomic E-state index is 12.3. The zero-order chi connectivity index (χ0) is 21.7. The van der Waals surface area contributed by atoms with Crippen LogP contribution in [0.1, 0.15) is 36.2 Å². The molecule has 0 spiro atoms. The van der Waals surface area contributed by atoms with Crippen LogP contribution in [0, 0.1) is 5.92 Å². The highest BCUT2D eigenvalue weighted by molar-refractivity contribution is 6.00. The summed E-state index contributed by atoms with van der Waals surface area (Å²) in [4.78, 5) is 49.7. The van der Waals surface area contributed by atoms with E-state index in [4.69, 9.17) is 4.74 Å². The van der Waals surface area contributed by atoms with Crippen LogP contribution in [0.2, 0.25) is 0 Å². The molecule has 0 aromatic heterocycles. The van der Waals surface area contributed by atoms with Gasteiger partial charge in [0, 0.05) is 29.9 Å². The minimum atomic E-state index is -0.614. The average Bonchev–Trinajstić information content (AvgIpc) is 3.14. The van der Waals surface area contributed by atoms with Gasteiger partial charge >= 0.3 is 5.97 Å². The number of benzene rings is 2. The van der Waals surface area contributed by atoms with Crippen molar-refractivity contribution >= 4 is 34.9 Å². The van der Waals surface area contributed by atoms with Crippen molar-refractivity contribution in [2.45, 2.75) is 26.7 Å². The minimum Gasteiger partial charge on any atom is -0.455 e. The molecule has 0 aliphatic carbocycles. The fourth-order valence-electron chi connectivity index (χ4n) is 3.29. The Morgan fingerprint density at radius 3 is 2.53 bits per heavy atom. The molecule has 1 aliphatic heterocycles. The summed E-state index contributed by atoms with van der Waals surface area (Å²) in [6.45, 7) is 3.26. The first-order chi connectivity index (χ1) is 14.4. The normalized spacial score (nSPS) is 15.7. The lowest BCUT2D eigenvalue weighted by molar-refractivity contribution is -0.151. The smallest absolute Gasteiger partial charge is 0.311 e. The molecule has 0 saturated carbocycles. The molecule has 1 saturated heterocycles. The van der Waals surface area contributed by atoms with Gasteiger partial charge in [-0.2, -0.15) is 0 Å². The van der Waals surface area contributed by atoms with Crippen LogP contribution in [-0.2, 0) is 25.5 Å². The highest BCUT2D eigenvalue weighted by Crippen LogP contribution is 2.26. The van der Waals surface area contributed by atoms with Crippen molar-refractivity contribution in [1.82, 2.24) is 0 Å². The minimum absolute atomic E-state index is 0.0522. The van der Waals surface area contributed by atoms with Gasteiger partial charge in [0.1, 0.15) is 0 Å². The van der Waals surface area contributed by atoms with E-state index in [-0.39, 0.29) is 24.7 Å². The van der Waals surface area contributed by atoms with E-state index in [0.29, 0.717) is 11.3 Å². The number of hydrogen-bond donors (Lipinski definition) is 1. The van der Waals surface area contributed by atoms with Crippen molar-refractivity contribution in [2.75, 3.05) is 23.4 Å². The third-order valence-corrected chi connectivity index (χ3v) is 5.01. The number of esters is 1. The third-order valence-electron chi connectivity index (χ3n) is 5.01. The zero-order valence-corrected chi connectivity index (χ0v) is 17.0. The third kappa shape index (κ3) is 5.11. The molecule has 3 rings (SSSR count). The summed E-state index contributed by atoms with van der Waals surface area (Å²) in [5, 5.41) is 2.59. The summed E-state index contributed by atoms with van der Waals surface area (Å²) in [6.07, 6.45) is 0.959. The van der Waals surface area contributed by atoms with Crippen molar-refractivity contribution in [3.8, 4) is 0 Å². The van der Waals surface area contributed by atoms with Gasteiger partial charge in [0.25, 0.3) is 5.91 Å². The second kappa shape index (κ2) is 9.35. The summed E-state index contributed by atoms with van der Waals surface area (Å²) in [7, 11) is 0. The molecular weight excluding hydrogens is 384 g/mol. The zero-order valence-electron chi connectivity index (χ0n) is 17.0. The van der Waals surface area contributed by atoms with Gasteiger partial charge in [0.15, 0.2) is 12.4 Å². The first-order valence-electron chi connectivity index (χ1n) is 9.84. The lowest BCUT2D eigenvalue weighted by atomic mass is 10.1. The summed E-state index contributed by atoms with van der Waals surface area (Å²) in [5.41, 5.74) is 2.83. The Labute approximate surface area is 175 Å². The molecule has 2 aromatic rings. The van der Waals surface area contributed by atoms with Crippen LogP contribution in [0.5, 0.6) is 0 Å². The van der Waals surface area contributed by atoms with Crippen LogP contribution in [0.25, 0.3) is 0 Å². The van der Waals surface area contributed by atoms with E-state index in [1.54, 1.807) is 29.2 Å². The number of ketones is 1. The van der Waals surface area contributed by atoms with Gasteiger partial charge in [-0.05, 0) is 43.2 Å². The molecule has 0 unspecified atom stereocenters. The monoisotopic (exact) mass is 408 g/mol. The summed E-state index contributed by atoms with van der Waals surface area (Å²) >= 11 is 0. The predicted molar refractivity (Wildman–Crippen MR) is 112 cm³/mol. The molecule has 1 atom stereocenters. The molecule has 2 aromatic carbocycles. The number of nitrogens with one attached hydrogen (secondary N) is 1. The number of rotatable bonds is 7. The quantitative estimate of drug-likeness (QED) is 0.562. The van der Waals surface area contributed by atoms with Gasteiger partial charge in [0.05, 0.1) is 5.92 Å². The molecule has 1 N–H and O–H groups in total. The van der Waals surface area contributed by atoms with Crippen molar-refractivity contribution in [1.29, 1.82) is 0 Å². The highest BCUT2D eigenvalue weighted by Gasteiger charge is 2.36. The number of aryl methyl sites for hydroxylation is 1. The van der Waals surface area contributed by atoms with E-state index in [1.807, 2.05) is 24.3 Å². The molecule has 2 amide bonds. The first kappa shape index (κ1) is 21.2. The van der Waals surface area contributed by atoms with E-state index in [9.17, 15) is 19.2 Å². The molecular formula is C23H24N2O5. The van der Waals surface area contributed by atoms with Crippen molar-refractivity contribution in [2.24, 2.45) is 5.92 Å². The number of carbonyl (C=O) groups excluding carboxylic acids is 4. The van der Waals surface area contributed by atoms with Gasteiger partial charge in [-0.1, -0.05) is 31.2 Å². The summed E-state index contributed by atoms with van der Waals surface area (Å²) in [5.74, 6) is -1.97. The largest absolute Gasteiger partial charge is 0.455 e. The van der Waals surface area contributed by atoms with E-state index in [0.717, 1.165) is 12.1 Å². The number of amides is 2. The van der Waals surface area contributed by atoms with Gasteiger partial charge in [-0.25, -0.2) is 0 Å². The van der Waals surface area contributed by atoms with Crippen LogP contribution in [-0.4, -0.2) is 36.7 Å². The molecule has 1 aliphatic rings. The Balaban J connectivity index is 1.52. The topological polar surface area (TPSA) is 92.8 Å². The Kier molecular flexibility index (Phi) is 6.61. The number of ether oxygens (including phenoxy) is 1. The highest BCUT2D eigenvalue weighted by atomic mass is 16.5. The molecule has 0 radical (unpaired) electrons. The van der Waals surface area contributed by atoms with Crippen LogP contribution >= 0.6 is 0 Å².